The molecule has 2 rings (SSSR count). The van der Waals surface area contributed by atoms with Crippen LogP contribution in [0, 0.1) is 5.82 Å². The van der Waals surface area contributed by atoms with Gasteiger partial charge in [-0.25, -0.2) is 4.39 Å². The van der Waals surface area contributed by atoms with Gasteiger partial charge in [0, 0.05) is 11.1 Å². The summed E-state index contributed by atoms with van der Waals surface area (Å²) in [5.41, 5.74) is 4.16. The molecule has 0 aromatic heterocycles. The van der Waals surface area contributed by atoms with E-state index in [2.05, 4.69) is 0 Å². The molecule has 0 bridgehead atoms. The summed E-state index contributed by atoms with van der Waals surface area (Å²) >= 11 is 0. The Hall–Kier alpha value is -2.48. The van der Waals surface area contributed by atoms with Gasteiger partial charge in [0.15, 0.2) is 0 Å². The van der Waals surface area contributed by atoms with E-state index in [1.54, 1.807) is 18.2 Å². The van der Waals surface area contributed by atoms with Crippen LogP contribution in [0.5, 0.6) is 0 Å². The molecule has 2 aromatic carbocycles. The number of allylic oxidation sites excluding steroid dienone is 4. The molecule has 112 valence electrons. The van der Waals surface area contributed by atoms with Gasteiger partial charge in [-0.2, -0.15) is 0 Å². The molecule has 0 saturated heterocycles. The summed E-state index contributed by atoms with van der Waals surface area (Å²) in [6, 6.07) is 14.5. The van der Waals surface area contributed by atoms with E-state index in [0.717, 1.165) is 23.0 Å². The first-order chi connectivity index (χ1) is 10.7. The van der Waals surface area contributed by atoms with Gasteiger partial charge < -0.3 is 0 Å². The third-order valence-electron chi connectivity index (χ3n) is 3.69. The van der Waals surface area contributed by atoms with Gasteiger partial charge in [0.05, 0.1) is 0 Å². The fraction of sp³-hybridized carbons (Fsp3) is 0.150. The van der Waals surface area contributed by atoms with E-state index in [-0.39, 0.29) is 5.82 Å². The molecule has 0 atom stereocenters. The highest BCUT2D eigenvalue weighted by Crippen LogP contribution is 2.22. The summed E-state index contributed by atoms with van der Waals surface area (Å²) in [5, 5.41) is 0. The lowest BCUT2D eigenvalue weighted by Crippen LogP contribution is -1.94. The molecule has 0 N–H and O–H groups in total. The van der Waals surface area contributed by atoms with E-state index in [1.165, 1.54) is 6.07 Å². The van der Waals surface area contributed by atoms with E-state index in [4.69, 9.17) is 0 Å². The Morgan fingerprint density at radius 3 is 2.32 bits per heavy atom. The normalized spacial score (nSPS) is 12.3. The minimum atomic E-state index is -0.216. The van der Waals surface area contributed by atoms with Crippen molar-refractivity contribution in [1.29, 1.82) is 0 Å². The first-order valence-corrected chi connectivity index (χ1v) is 7.28. The fourth-order valence-corrected chi connectivity index (χ4v) is 2.42. The van der Waals surface area contributed by atoms with E-state index in [1.807, 2.05) is 50.3 Å². The van der Waals surface area contributed by atoms with Crippen LogP contribution in [0.4, 0.5) is 4.39 Å². The Morgan fingerprint density at radius 1 is 1.05 bits per heavy atom. The average Bonchev–Trinajstić information content (AvgIpc) is 2.55. The highest BCUT2D eigenvalue weighted by atomic mass is 19.1. The van der Waals surface area contributed by atoms with Gasteiger partial charge in [0.25, 0.3) is 0 Å². The minimum absolute atomic E-state index is 0.216. The lowest BCUT2D eigenvalue weighted by atomic mass is 9.96. The molecule has 2 heteroatoms. The third-order valence-corrected chi connectivity index (χ3v) is 3.69. The van der Waals surface area contributed by atoms with Crippen molar-refractivity contribution in [3.8, 4) is 0 Å². The summed E-state index contributed by atoms with van der Waals surface area (Å²) in [4.78, 5) is 11.2. The molecule has 0 unspecified atom stereocenters. The van der Waals surface area contributed by atoms with Crippen molar-refractivity contribution in [3.05, 3.63) is 83.2 Å². The molecular formula is C20H19FO. The summed E-state index contributed by atoms with van der Waals surface area (Å²) in [6.45, 7) is 3.75. The maximum atomic E-state index is 13.8. The van der Waals surface area contributed by atoms with Crippen LogP contribution >= 0.6 is 0 Å². The topological polar surface area (TPSA) is 17.1 Å². The number of hydrogen-bond acceptors (Lipinski definition) is 1. The van der Waals surface area contributed by atoms with Crippen LogP contribution in [0.3, 0.4) is 0 Å². The fourth-order valence-electron chi connectivity index (χ4n) is 2.42. The molecule has 0 spiro atoms. The van der Waals surface area contributed by atoms with Gasteiger partial charge in [-0.1, -0.05) is 54.6 Å². The molecular weight excluding hydrogens is 275 g/mol. The van der Waals surface area contributed by atoms with E-state index >= 15 is 0 Å². The number of benzene rings is 2. The highest BCUT2D eigenvalue weighted by Gasteiger charge is 2.06. The van der Waals surface area contributed by atoms with Crippen molar-refractivity contribution in [3.63, 3.8) is 0 Å². The zero-order chi connectivity index (χ0) is 15.9. The zero-order valence-electron chi connectivity index (χ0n) is 12.8. The summed E-state index contributed by atoms with van der Waals surface area (Å²) in [5.74, 6) is -0.216. The number of rotatable bonds is 5. The maximum Gasteiger partial charge on any atom is 0.150 e. The second-order valence-corrected chi connectivity index (χ2v) is 5.09. The lowest BCUT2D eigenvalue weighted by molar-refractivity contribution is -0.103. The van der Waals surface area contributed by atoms with Crippen LogP contribution in [-0.2, 0) is 11.2 Å². The molecule has 0 aliphatic carbocycles. The van der Waals surface area contributed by atoms with Crippen molar-refractivity contribution < 1.29 is 9.18 Å². The van der Waals surface area contributed by atoms with Gasteiger partial charge in [0.2, 0.25) is 0 Å². The molecule has 1 nitrogen and oxygen atoms in total. The van der Waals surface area contributed by atoms with Crippen LogP contribution in [-0.4, -0.2) is 6.29 Å². The van der Waals surface area contributed by atoms with E-state index in [0.29, 0.717) is 17.6 Å². The van der Waals surface area contributed by atoms with Crippen molar-refractivity contribution in [2.24, 2.45) is 0 Å². The second kappa shape index (κ2) is 7.51. The summed E-state index contributed by atoms with van der Waals surface area (Å²) in [6.07, 6.45) is 5.32. The third kappa shape index (κ3) is 3.59. The standard InChI is InChI=1S/C20H19FO/c1-3-16(14-22)19-10-5-4-8-17(19)13-12-15(2)18-9-6-7-11-20(18)21/h3-12,14H,13H2,1-2H3/b15-12+,16-3+. The quantitative estimate of drug-likeness (QED) is 0.555. The molecule has 0 aliphatic heterocycles. The predicted octanol–water partition coefficient (Wildman–Crippen LogP) is 5.07. The van der Waals surface area contributed by atoms with Crippen LogP contribution < -0.4 is 0 Å². The van der Waals surface area contributed by atoms with Crippen molar-refractivity contribution in [1.82, 2.24) is 0 Å². The number of hydrogen-bond donors (Lipinski definition) is 0. The van der Waals surface area contributed by atoms with Gasteiger partial charge in [0.1, 0.15) is 12.1 Å². The second-order valence-electron chi connectivity index (χ2n) is 5.09. The SMILES string of the molecule is C/C=C(\C=O)c1ccccc1C/C=C(\C)c1ccccc1F. The first kappa shape index (κ1) is 15.9. The van der Waals surface area contributed by atoms with Crippen LogP contribution in [0.2, 0.25) is 0 Å². The number of carbonyl (C=O) groups is 1. The van der Waals surface area contributed by atoms with Crippen LogP contribution in [0.25, 0.3) is 11.1 Å². The Morgan fingerprint density at radius 2 is 1.68 bits per heavy atom. The monoisotopic (exact) mass is 294 g/mol. The van der Waals surface area contributed by atoms with E-state index < -0.39 is 0 Å². The van der Waals surface area contributed by atoms with Crippen LogP contribution in [0.1, 0.15) is 30.5 Å². The molecule has 2 aromatic rings. The average molecular weight is 294 g/mol. The Bertz CT molecular complexity index is 726. The van der Waals surface area contributed by atoms with Crippen molar-refractivity contribution in [2.45, 2.75) is 20.3 Å². The van der Waals surface area contributed by atoms with E-state index in [9.17, 15) is 9.18 Å². The van der Waals surface area contributed by atoms with Gasteiger partial charge in [-0.05, 0) is 43.0 Å². The zero-order valence-corrected chi connectivity index (χ0v) is 12.8. The summed E-state index contributed by atoms with van der Waals surface area (Å²) in [7, 11) is 0. The van der Waals surface area contributed by atoms with Crippen molar-refractivity contribution in [2.75, 3.05) is 0 Å². The summed E-state index contributed by atoms with van der Waals surface area (Å²) < 4.78 is 13.8. The van der Waals surface area contributed by atoms with Gasteiger partial charge >= 0.3 is 0 Å². The number of aldehydes is 1. The Kier molecular flexibility index (Phi) is 5.42. The largest absolute Gasteiger partial charge is 0.298 e. The molecule has 0 aliphatic rings. The molecule has 0 amide bonds. The Labute approximate surface area is 130 Å². The highest BCUT2D eigenvalue weighted by molar-refractivity contribution is 6.07. The smallest absolute Gasteiger partial charge is 0.150 e. The molecule has 0 radical (unpaired) electrons. The molecule has 22 heavy (non-hydrogen) atoms. The molecule has 0 heterocycles. The predicted molar refractivity (Wildman–Crippen MR) is 89.9 cm³/mol. The van der Waals surface area contributed by atoms with Gasteiger partial charge in [-0.3, -0.25) is 4.79 Å². The number of halogens is 1. The maximum absolute atomic E-state index is 13.8. The van der Waals surface area contributed by atoms with Crippen molar-refractivity contribution >= 4 is 17.4 Å². The minimum Gasteiger partial charge on any atom is -0.298 e. The first-order valence-electron chi connectivity index (χ1n) is 7.28. The van der Waals surface area contributed by atoms with Crippen LogP contribution in [0.15, 0.2) is 60.7 Å². The Balaban J connectivity index is 2.31. The lowest BCUT2D eigenvalue weighted by Gasteiger charge is -2.08. The van der Waals surface area contributed by atoms with Gasteiger partial charge in [-0.15, -0.1) is 0 Å². The number of carbonyl (C=O) groups excluding carboxylic acids is 1. The molecule has 0 fully saturated rings. The molecule has 0 saturated carbocycles.